The van der Waals surface area contributed by atoms with Crippen LogP contribution in [0.15, 0.2) is 24.5 Å². The summed E-state index contributed by atoms with van der Waals surface area (Å²) in [5.74, 6) is 0.347. The Morgan fingerprint density at radius 3 is 2.50 bits per heavy atom. The summed E-state index contributed by atoms with van der Waals surface area (Å²) in [6.45, 7) is 5.19. The summed E-state index contributed by atoms with van der Waals surface area (Å²) in [6.07, 6.45) is 4.39. The van der Waals surface area contributed by atoms with Crippen molar-refractivity contribution in [2.75, 3.05) is 20.1 Å². The van der Waals surface area contributed by atoms with Crippen LogP contribution in [0.4, 0.5) is 0 Å². The number of nitrogens with zero attached hydrogens (tertiary/aromatic N) is 2. The molecule has 1 rings (SSSR count). The fourth-order valence-electron chi connectivity index (χ4n) is 1.90. The lowest BCUT2D eigenvalue weighted by atomic mass is 9.94. The van der Waals surface area contributed by atoms with Crippen LogP contribution in [0, 0.1) is 11.8 Å². The Balaban J connectivity index is 2.50. The predicted molar refractivity (Wildman–Crippen MR) is 73.0 cm³/mol. The first-order chi connectivity index (χ1) is 8.56. The van der Waals surface area contributed by atoms with E-state index in [1.165, 1.54) is 5.56 Å². The lowest BCUT2D eigenvalue weighted by Gasteiger charge is -2.25. The Morgan fingerprint density at radius 2 is 2.00 bits per heavy atom. The third-order valence-corrected chi connectivity index (χ3v) is 3.24. The normalized spacial score (nSPS) is 12.5. The molecule has 0 aromatic carbocycles. The molecule has 0 aliphatic carbocycles. The summed E-state index contributed by atoms with van der Waals surface area (Å²) in [5.41, 5.74) is 6.86. The van der Waals surface area contributed by atoms with E-state index in [4.69, 9.17) is 5.73 Å². The lowest BCUT2D eigenvalue weighted by Crippen LogP contribution is -2.40. The van der Waals surface area contributed by atoms with Crippen LogP contribution in [-0.4, -0.2) is 35.9 Å². The molecule has 1 aromatic heterocycles. The van der Waals surface area contributed by atoms with Crippen LogP contribution < -0.4 is 5.73 Å². The van der Waals surface area contributed by atoms with Crippen LogP contribution in [0.2, 0.25) is 0 Å². The average molecular weight is 249 g/mol. The minimum atomic E-state index is -0.0764. The Kier molecular flexibility index (Phi) is 5.78. The lowest BCUT2D eigenvalue weighted by molar-refractivity contribution is -0.135. The largest absolute Gasteiger partial charge is 0.345 e. The van der Waals surface area contributed by atoms with Gasteiger partial charge >= 0.3 is 0 Å². The zero-order chi connectivity index (χ0) is 13.5. The third kappa shape index (κ3) is 4.11. The van der Waals surface area contributed by atoms with E-state index in [1.807, 2.05) is 33.0 Å². The van der Waals surface area contributed by atoms with Crippen LogP contribution in [0.25, 0.3) is 0 Å². The van der Waals surface area contributed by atoms with Gasteiger partial charge in [0.1, 0.15) is 0 Å². The molecule has 1 atom stereocenters. The van der Waals surface area contributed by atoms with E-state index in [2.05, 4.69) is 4.98 Å². The Labute approximate surface area is 109 Å². The zero-order valence-electron chi connectivity index (χ0n) is 11.5. The molecule has 4 nitrogen and oxygen atoms in total. The molecule has 18 heavy (non-hydrogen) atoms. The molecule has 100 valence electrons. The number of hydrogen-bond donors (Lipinski definition) is 1. The van der Waals surface area contributed by atoms with Crippen molar-refractivity contribution in [3.05, 3.63) is 30.1 Å². The van der Waals surface area contributed by atoms with Crippen LogP contribution in [0.1, 0.15) is 19.4 Å². The highest BCUT2D eigenvalue weighted by Crippen LogP contribution is 2.12. The molecular formula is C14H23N3O. The van der Waals surface area contributed by atoms with E-state index in [0.717, 1.165) is 6.42 Å². The van der Waals surface area contributed by atoms with Crippen molar-refractivity contribution < 1.29 is 4.79 Å². The van der Waals surface area contributed by atoms with E-state index in [9.17, 15) is 4.79 Å². The number of amides is 1. The number of nitrogens with two attached hydrogens (primary N) is 1. The maximum Gasteiger partial charge on any atom is 0.226 e. The molecule has 0 spiro atoms. The topological polar surface area (TPSA) is 59.2 Å². The molecule has 2 N–H and O–H groups in total. The van der Waals surface area contributed by atoms with Gasteiger partial charge in [-0.05, 0) is 30.0 Å². The summed E-state index contributed by atoms with van der Waals surface area (Å²) in [7, 11) is 1.84. The molecule has 4 heteroatoms. The van der Waals surface area contributed by atoms with Gasteiger partial charge in [-0.2, -0.15) is 0 Å². The second kappa shape index (κ2) is 7.11. The van der Waals surface area contributed by atoms with Gasteiger partial charge < -0.3 is 10.6 Å². The second-order valence-electron chi connectivity index (χ2n) is 4.95. The van der Waals surface area contributed by atoms with E-state index in [1.54, 1.807) is 17.3 Å². The first kappa shape index (κ1) is 14.6. The highest BCUT2D eigenvalue weighted by atomic mass is 16.2. The number of carbonyl (C=O) groups is 1. The molecule has 0 aliphatic rings. The van der Waals surface area contributed by atoms with Gasteiger partial charge in [-0.15, -0.1) is 0 Å². The Hall–Kier alpha value is -1.42. The maximum atomic E-state index is 12.2. The first-order valence-corrected chi connectivity index (χ1v) is 6.40. The molecule has 0 saturated heterocycles. The number of aromatic nitrogens is 1. The van der Waals surface area contributed by atoms with Gasteiger partial charge in [0, 0.05) is 32.5 Å². The number of hydrogen-bond acceptors (Lipinski definition) is 3. The van der Waals surface area contributed by atoms with Crippen LogP contribution in [0.3, 0.4) is 0 Å². The second-order valence-corrected chi connectivity index (χ2v) is 4.95. The third-order valence-electron chi connectivity index (χ3n) is 3.24. The van der Waals surface area contributed by atoms with E-state index in [-0.39, 0.29) is 17.7 Å². The Morgan fingerprint density at radius 1 is 1.39 bits per heavy atom. The monoisotopic (exact) mass is 249 g/mol. The highest BCUT2D eigenvalue weighted by molar-refractivity contribution is 5.79. The molecule has 1 aromatic rings. The summed E-state index contributed by atoms with van der Waals surface area (Å²) < 4.78 is 0. The van der Waals surface area contributed by atoms with Crippen LogP contribution in [-0.2, 0) is 11.2 Å². The van der Waals surface area contributed by atoms with Crippen molar-refractivity contribution in [3.63, 3.8) is 0 Å². The summed E-state index contributed by atoms with van der Waals surface area (Å²) in [4.78, 5) is 17.9. The van der Waals surface area contributed by atoms with Crippen LogP contribution in [0.5, 0.6) is 0 Å². The number of pyridine rings is 1. The van der Waals surface area contributed by atoms with E-state index in [0.29, 0.717) is 13.1 Å². The molecule has 0 aliphatic heterocycles. The standard InChI is InChI=1S/C14H23N3O/c1-11(2)13(10-15)14(18)17(3)9-6-12-4-7-16-8-5-12/h4-5,7-8,11,13H,6,9-10,15H2,1-3H3. The van der Waals surface area contributed by atoms with Crippen molar-refractivity contribution in [1.29, 1.82) is 0 Å². The molecule has 1 amide bonds. The average Bonchev–Trinajstić information content (AvgIpc) is 2.37. The van der Waals surface area contributed by atoms with E-state index >= 15 is 0 Å². The summed E-state index contributed by atoms with van der Waals surface area (Å²) in [5, 5.41) is 0. The molecular weight excluding hydrogens is 226 g/mol. The van der Waals surface area contributed by atoms with Crippen LogP contribution >= 0.6 is 0 Å². The predicted octanol–water partition coefficient (Wildman–Crippen LogP) is 1.31. The highest BCUT2D eigenvalue weighted by Gasteiger charge is 2.23. The van der Waals surface area contributed by atoms with Gasteiger partial charge in [-0.3, -0.25) is 9.78 Å². The van der Waals surface area contributed by atoms with Crippen molar-refractivity contribution >= 4 is 5.91 Å². The van der Waals surface area contributed by atoms with E-state index < -0.39 is 0 Å². The zero-order valence-corrected chi connectivity index (χ0v) is 11.5. The fraction of sp³-hybridized carbons (Fsp3) is 0.571. The quantitative estimate of drug-likeness (QED) is 0.827. The van der Waals surface area contributed by atoms with Crippen molar-refractivity contribution in [3.8, 4) is 0 Å². The molecule has 0 fully saturated rings. The number of likely N-dealkylation sites (N-methyl/N-ethyl adjacent to an activating group) is 1. The first-order valence-electron chi connectivity index (χ1n) is 6.40. The van der Waals surface area contributed by atoms with Gasteiger partial charge in [0.15, 0.2) is 0 Å². The van der Waals surface area contributed by atoms with Gasteiger partial charge in [0.05, 0.1) is 5.92 Å². The van der Waals surface area contributed by atoms with Gasteiger partial charge in [-0.1, -0.05) is 13.8 Å². The summed E-state index contributed by atoms with van der Waals surface area (Å²) in [6, 6.07) is 3.95. The number of carbonyl (C=O) groups excluding carboxylic acids is 1. The minimum absolute atomic E-state index is 0.0764. The van der Waals surface area contributed by atoms with Gasteiger partial charge in [0.2, 0.25) is 5.91 Å². The molecule has 0 bridgehead atoms. The number of rotatable bonds is 6. The SMILES string of the molecule is CC(C)C(CN)C(=O)N(C)CCc1ccncc1. The van der Waals surface area contributed by atoms with Crippen molar-refractivity contribution in [2.24, 2.45) is 17.6 Å². The maximum absolute atomic E-state index is 12.2. The Bertz CT molecular complexity index is 365. The summed E-state index contributed by atoms with van der Waals surface area (Å²) >= 11 is 0. The molecule has 1 unspecified atom stereocenters. The van der Waals surface area contributed by atoms with Crippen molar-refractivity contribution in [1.82, 2.24) is 9.88 Å². The minimum Gasteiger partial charge on any atom is -0.345 e. The smallest absolute Gasteiger partial charge is 0.226 e. The molecule has 0 radical (unpaired) electrons. The molecule has 0 saturated carbocycles. The fourth-order valence-corrected chi connectivity index (χ4v) is 1.90. The van der Waals surface area contributed by atoms with Gasteiger partial charge in [0.25, 0.3) is 0 Å². The molecule has 1 heterocycles. The van der Waals surface area contributed by atoms with Crippen molar-refractivity contribution in [2.45, 2.75) is 20.3 Å². The van der Waals surface area contributed by atoms with Gasteiger partial charge in [-0.25, -0.2) is 0 Å².